The van der Waals surface area contributed by atoms with E-state index < -0.39 is 11.6 Å². The summed E-state index contributed by atoms with van der Waals surface area (Å²) in [6, 6.07) is 11.1. The minimum atomic E-state index is -0.442. The van der Waals surface area contributed by atoms with Gasteiger partial charge in [0.05, 0.1) is 7.05 Å². The third-order valence-corrected chi connectivity index (χ3v) is 3.14. The Bertz CT molecular complexity index is 676. The van der Waals surface area contributed by atoms with Gasteiger partial charge < -0.3 is 15.5 Å². The van der Waals surface area contributed by atoms with Crippen molar-refractivity contribution in [3.8, 4) is 0 Å². The van der Waals surface area contributed by atoms with Crippen molar-refractivity contribution in [3.05, 3.63) is 60.2 Å². The summed E-state index contributed by atoms with van der Waals surface area (Å²) in [7, 11) is 1.68. The fourth-order valence-electron chi connectivity index (χ4n) is 2.15. The van der Waals surface area contributed by atoms with Crippen LogP contribution >= 0.6 is 0 Å². The lowest BCUT2D eigenvalue weighted by Gasteiger charge is -2.14. The third-order valence-electron chi connectivity index (χ3n) is 3.14. The van der Waals surface area contributed by atoms with Crippen molar-refractivity contribution >= 4 is 23.2 Å². The first-order valence-corrected chi connectivity index (χ1v) is 7.34. The van der Waals surface area contributed by atoms with E-state index >= 15 is 0 Å². The highest BCUT2D eigenvalue weighted by Crippen LogP contribution is 2.09. The Morgan fingerprint density at radius 3 is 1.67 bits per heavy atom. The highest BCUT2D eigenvalue weighted by molar-refractivity contribution is 5.93. The van der Waals surface area contributed by atoms with Crippen molar-refractivity contribution in [3.63, 3.8) is 0 Å². The number of likely N-dealkylation sites (N-methyl/N-ethyl adjacent to an activating group) is 1. The number of benzene rings is 2. The first kappa shape index (κ1) is 17.6. The molecule has 0 aliphatic carbocycles. The fourth-order valence-corrected chi connectivity index (χ4v) is 2.15. The van der Waals surface area contributed by atoms with Crippen molar-refractivity contribution < 1.29 is 23.3 Å². The molecule has 0 aliphatic heterocycles. The van der Waals surface area contributed by atoms with Crippen LogP contribution in [0.25, 0.3) is 0 Å². The minimum Gasteiger partial charge on any atom is -0.322 e. The Labute approximate surface area is 138 Å². The molecule has 126 valence electrons. The molecule has 2 amide bonds. The van der Waals surface area contributed by atoms with Crippen LogP contribution in [0.15, 0.2) is 48.5 Å². The van der Waals surface area contributed by atoms with Gasteiger partial charge in [-0.05, 0) is 36.4 Å². The molecule has 5 nitrogen and oxygen atoms in total. The molecular weight excluding hydrogens is 316 g/mol. The van der Waals surface area contributed by atoms with Crippen LogP contribution in [0.2, 0.25) is 0 Å². The molecule has 0 saturated carbocycles. The molecule has 0 saturated heterocycles. The molecule has 0 bridgehead atoms. The standard InChI is InChI=1S/C17H17F2N3O2/c1-22(10-16(23)20-14-6-2-4-12(18)8-14)11-17(24)21-15-7-3-5-13(19)9-15/h2-9H,10-11H2,1H3,(H,20,23)(H,21,24)/p+1. The largest absolute Gasteiger partial charge is 0.322 e. The summed E-state index contributed by atoms with van der Waals surface area (Å²) in [6.07, 6.45) is 0. The van der Waals surface area contributed by atoms with E-state index in [2.05, 4.69) is 10.6 Å². The maximum absolute atomic E-state index is 13.1. The van der Waals surface area contributed by atoms with Gasteiger partial charge in [-0.25, -0.2) is 8.78 Å². The van der Waals surface area contributed by atoms with Gasteiger partial charge in [0.2, 0.25) is 0 Å². The van der Waals surface area contributed by atoms with Gasteiger partial charge in [0.25, 0.3) is 11.8 Å². The monoisotopic (exact) mass is 334 g/mol. The van der Waals surface area contributed by atoms with E-state index in [0.717, 1.165) is 0 Å². The summed E-state index contributed by atoms with van der Waals surface area (Å²) in [5.74, 6) is -1.56. The molecule has 7 heteroatoms. The van der Waals surface area contributed by atoms with Crippen molar-refractivity contribution in [1.82, 2.24) is 0 Å². The zero-order valence-corrected chi connectivity index (χ0v) is 13.1. The molecule has 0 aliphatic rings. The SMILES string of the molecule is C[NH+](CC(=O)Nc1cccc(F)c1)CC(=O)Nc1cccc(F)c1. The van der Waals surface area contributed by atoms with Crippen LogP contribution in [0.5, 0.6) is 0 Å². The van der Waals surface area contributed by atoms with Gasteiger partial charge in [-0.1, -0.05) is 12.1 Å². The average Bonchev–Trinajstić information content (AvgIpc) is 2.46. The predicted octanol–water partition coefficient (Wildman–Crippen LogP) is 1.06. The molecular formula is C17H18F2N3O2+. The average molecular weight is 334 g/mol. The summed E-state index contributed by atoms with van der Waals surface area (Å²) >= 11 is 0. The van der Waals surface area contributed by atoms with Crippen LogP contribution in [-0.2, 0) is 9.59 Å². The molecule has 0 aromatic heterocycles. The van der Waals surface area contributed by atoms with E-state index in [-0.39, 0.29) is 24.9 Å². The van der Waals surface area contributed by atoms with Gasteiger partial charge in [-0.2, -0.15) is 0 Å². The predicted molar refractivity (Wildman–Crippen MR) is 86.7 cm³/mol. The van der Waals surface area contributed by atoms with Gasteiger partial charge >= 0.3 is 0 Å². The number of carbonyl (C=O) groups is 2. The molecule has 3 N–H and O–H groups in total. The second-order valence-electron chi connectivity index (χ2n) is 5.43. The van der Waals surface area contributed by atoms with E-state index in [1.54, 1.807) is 19.2 Å². The van der Waals surface area contributed by atoms with Crippen LogP contribution in [0.4, 0.5) is 20.2 Å². The third kappa shape index (κ3) is 5.77. The minimum absolute atomic E-state index is 0.0348. The summed E-state index contributed by atoms with van der Waals surface area (Å²) in [5, 5.41) is 5.13. The normalized spacial score (nSPS) is 10.5. The molecule has 2 rings (SSSR count). The van der Waals surface area contributed by atoms with Gasteiger partial charge in [-0.15, -0.1) is 0 Å². The van der Waals surface area contributed by atoms with Crippen LogP contribution in [-0.4, -0.2) is 32.0 Å². The van der Waals surface area contributed by atoms with Crippen LogP contribution in [0, 0.1) is 11.6 Å². The van der Waals surface area contributed by atoms with Gasteiger partial charge in [0.1, 0.15) is 11.6 Å². The molecule has 0 unspecified atom stereocenters. The highest BCUT2D eigenvalue weighted by atomic mass is 19.1. The molecule has 2 aromatic carbocycles. The molecule has 0 heterocycles. The smallest absolute Gasteiger partial charge is 0.279 e. The van der Waals surface area contributed by atoms with E-state index in [4.69, 9.17) is 0 Å². The van der Waals surface area contributed by atoms with Gasteiger partial charge in [0, 0.05) is 11.4 Å². The first-order valence-electron chi connectivity index (χ1n) is 7.34. The summed E-state index contributed by atoms with van der Waals surface area (Å²) in [5.41, 5.74) is 0.717. The zero-order chi connectivity index (χ0) is 17.5. The van der Waals surface area contributed by atoms with Gasteiger partial charge in [0.15, 0.2) is 13.1 Å². The van der Waals surface area contributed by atoms with E-state index in [1.807, 2.05) is 0 Å². The van der Waals surface area contributed by atoms with Crippen LogP contribution < -0.4 is 15.5 Å². The lowest BCUT2D eigenvalue weighted by atomic mass is 10.3. The van der Waals surface area contributed by atoms with Crippen LogP contribution in [0.1, 0.15) is 0 Å². The molecule has 24 heavy (non-hydrogen) atoms. The quantitative estimate of drug-likeness (QED) is 0.740. The number of anilines is 2. The topological polar surface area (TPSA) is 62.6 Å². The lowest BCUT2D eigenvalue weighted by Crippen LogP contribution is -3.11. The Hall–Kier alpha value is -2.80. The van der Waals surface area contributed by atoms with Crippen LogP contribution in [0.3, 0.4) is 0 Å². The Kier molecular flexibility index (Phi) is 5.97. The van der Waals surface area contributed by atoms with Crippen molar-refractivity contribution in [2.75, 3.05) is 30.8 Å². The lowest BCUT2D eigenvalue weighted by molar-refractivity contribution is -0.862. The van der Waals surface area contributed by atoms with E-state index in [9.17, 15) is 18.4 Å². The van der Waals surface area contributed by atoms with E-state index in [0.29, 0.717) is 16.3 Å². The Morgan fingerprint density at radius 2 is 1.29 bits per heavy atom. The number of quaternary nitrogens is 1. The van der Waals surface area contributed by atoms with Crippen molar-refractivity contribution in [1.29, 1.82) is 0 Å². The number of amides is 2. The number of halogens is 2. The molecule has 0 fully saturated rings. The molecule has 0 radical (unpaired) electrons. The zero-order valence-electron chi connectivity index (χ0n) is 13.1. The number of hydrogen-bond donors (Lipinski definition) is 3. The maximum Gasteiger partial charge on any atom is 0.279 e. The van der Waals surface area contributed by atoms with E-state index in [1.165, 1.54) is 36.4 Å². The summed E-state index contributed by atoms with van der Waals surface area (Å²) in [4.78, 5) is 24.4. The fraction of sp³-hybridized carbons (Fsp3) is 0.176. The number of hydrogen-bond acceptors (Lipinski definition) is 2. The molecule has 0 spiro atoms. The second-order valence-corrected chi connectivity index (χ2v) is 5.43. The first-order chi connectivity index (χ1) is 11.4. The highest BCUT2D eigenvalue weighted by Gasteiger charge is 2.14. The second kappa shape index (κ2) is 8.16. The summed E-state index contributed by atoms with van der Waals surface area (Å²) < 4.78 is 26.1. The van der Waals surface area contributed by atoms with Crippen molar-refractivity contribution in [2.24, 2.45) is 0 Å². The van der Waals surface area contributed by atoms with Gasteiger partial charge in [-0.3, -0.25) is 9.59 Å². The molecule has 0 atom stereocenters. The molecule has 2 aromatic rings. The Morgan fingerprint density at radius 1 is 0.875 bits per heavy atom. The summed E-state index contributed by atoms with van der Waals surface area (Å²) in [6.45, 7) is 0.0696. The number of rotatable bonds is 6. The number of nitrogens with one attached hydrogen (secondary N) is 3. The van der Waals surface area contributed by atoms with Crippen molar-refractivity contribution in [2.45, 2.75) is 0 Å². The number of carbonyl (C=O) groups excluding carboxylic acids is 2. The maximum atomic E-state index is 13.1. The Balaban J connectivity index is 1.80.